The first-order chi connectivity index (χ1) is 12.1. The molecule has 1 fully saturated rings. The molecule has 1 aliphatic rings. The summed E-state index contributed by atoms with van der Waals surface area (Å²) in [7, 11) is 0. The molecule has 1 aromatic carbocycles. The molecular weight excluding hydrogens is 320 g/mol. The lowest BCUT2D eigenvalue weighted by Gasteiger charge is -2.21. The maximum atomic E-state index is 12.7. The van der Waals surface area contributed by atoms with E-state index >= 15 is 0 Å². The van der Waals surface area contributed by atoms with E-state index < -0.39 is 5.97 Å². The van der Waals surface area contributed by atoms with Crippen LogP contribution in [0, 0.1) is 0 Å². The highest BCUT2D eigenvalue weighted by Gasteiger charge is 2.26. The number of carbonyl (C=O) groups excluding carboxylic acids is 2. The van der Waals surface area contributed by atoms with Gasteiger partial charge in [-0.3, -0.25) is 14.6 Å². The van der Waals surface area contributed by atoms with Gasteiger partial charge in [-0.1, -0.05) is 12.1 Å². The molecule has 0 saturated carbocycles. The number of ether oxygens (including phenoxy) is 1. The van der Waals surface area contributed by atoms with Gasteiger partial charge < -0.3 is 15.5 Å². The van der Waals surface area contributed by atoms with E-state index in [0.717, 1.165) is 19.4 Å². The first-order valence-electron chi connectivity index (χ1n) is 8.41. The Balaban J connectivity index is 2.12. The molecule has 7 nitrogen and oxygen atoms in total. The van der Waals surface area contributed by atoms with Crippen molar-refractivity contribution in [2.24, 2.45) is 15.9 Å². The zero-order valence-corrected chi connectivity index (χ0v) is 14.6. The van der Waals surface area contributed by atoms with E-state index in [0.29, 0.717) is 23.4 Å². The van der Waals surface area contributed by atoms with Gasteiger partial charge in [0.2, 0.25) is 0 Å². The molecule has 0 aliphatic carbocycles. The van der Waals surface area contributed by atoms with Crippen molar-refractivity contribution >= 4 is 23.8 Å². The minimum Gasteiger partial charge on any atom is -0.465 e. The lowest BCUT2D eigenvalue weighted by atomic mass is 10.1. The Bertz CT molecular complexity index is 685. The van der Waals surface area contributed by atoms with Gasteiger partial charge in [-0.15, -0.1) is 0 Å². The summed E-state index contributed by atoms with van der Waals surface area (Å²) >= 11 is 0. The minimum atomic E-state index is -0.415. The van der Waals surface area contributed by atoms with Crippen molar-refractivity contribution < 1.29 is 14.3 Å². The molecule has 0 bridgehead atoms. The number of nitrogens with zero attached hydrogens (tertiary/aromatic N) is 3. The van der Waals surface area contributed by atoms with E-state index in [1.165, 1.54) is 6.21 Å². The van der Waals surface area contributed by atoms with Gasteiger partial charge in [0.15, 0.2) is 0 Å². The van der Waals surface area contributed by atoms with Gasteiger partial charge in [0.1, 0.15) is 12.3 Å². The summed E-state index contributed by atoms with van der Waals surface area (Å²) in [4.78, 5) is 29.8. The van der Waals surface area contributed by atoms with Crippen LogP contribution in [0.5, 0.6) is 0 Å². The van der Waals surface area contributed by atoms with Gasteiger partial charge in [0, 0.05) is 23.7 Å². The average molecular weight is 344 g/mol. The third kappa shape index (κ3) is 4.89. The Morgan fingerprint density at radius 3 is 2.80 bits per heavy atom. The summed E-state index contributed by atoms with van der Waals surface area (Å²) < 4.78 is 4.81. The van der Waals surface area contributed by atoms with Crippen molar-refractivity contribution in [2.75, 3.05) is 19.7 Å². The lowest BCUT2D eigenvalue weighted by molar-refractivity contribution is -0.141. The molecule has 1 saturated heterocycles. The molecule has 1 amide bonds. The van der Waals surface area contributed by atoms with E-state index in [1.54, 1.807) is 31.2 Å². The highest BCUT2D eigenvalue weighted by molar-refractivity contribution is 6.38. The molecule has 1 aromatic rings. The van der Waals surface area contributed by atoms with E-state index in [4.69, 9.17) is 10.6 Å². The fourth-order valence-corrected chi connectivity index (χ4v) is 2.81. The second kappa shape index (κ2) is 8.96. The highest BCUT2D eigenvalue weighted by Crippen LogP contribution is 2.20. The molecule has 7 heteroatoms. The lowest BCUT2D eigenvalue weighted by Crippen LogP contribution is -2.33. The Kier molecular flexibility index (Phi) is 6.68. The zero-order valence-electron chi connectivity index (χ0n) is 14.6. The van der Waals surface area contributed by atoms with Gasteiger partial charge in [0.25, 0.3) is 5.91 Å². The number of carbonyl (C=O) groups is 2. The molecule has 1 atom stereocenters. The highest BCUT2D eigenvalue weighted by atomic mass is 16.5. The van der Waals surface area contributed by atoms with Crippen molar-refractivity contribution in [3.05, 3.63) is 35.4 Å². The SMILES string of the molecule is CCOC(=O)CN=C/C(=N\N)c1cccc(C(=O)N2CCCC2C)c1. The Labute approximate surface area is 147 Å². The number of esters is 1. The number of hydrazone groups is 1. The van der Waals surface area contributed by atoms with Crippen LogP contribution >= 0.6 is 0 Å². The van der Waals surface area contributed by atoms with Gasteiger partial charge >= 0.3 is 5.97 Å². The molecule has 1 aliphatic heterocycles. The van der Waals surface area contributed by atoms with E-state index in [9.17, 15) is 9.59 Å². The van der Waals surface area contributed by atoms with Gasteiger partial charge in [0.05, 0.1) is 12.8 Å². The summed E-state index contributed by atoms with van der Waals surface area (Å²) in [5.74, 6) is 5.03. The summed E-state index contributed by atoms with van der Waals surface area (Å²) in [5.41, 5.74) is 1.66. The number of likely N-dealkylation sites (tertiary alicyclic amines) is 1. The Morgan fingerprint density at radius 2 is 2.16 bits per heavy atom. The van der Waals surface area contributed by atoms with Crippen molar-refractivity contribution in [1.29, 1.82) is 0 Å². The van der Waals surface area contributed by atoms with Crippen LogP contribution in [0.25, 0.3) is 0 Å². The smallest absolute Gasteiger partial charge is 0.327 e. The second-order valence-corrected chi connectivity index (χ2v) is 5.86. The molecule has 1 unspecified atom stereocenters. The first-order valence-corrected chi connectivity index (χ1v) is 8.41. The summed E-state index contributed by atoms with van der Waals surface area (Å²) in [6, 6.07) is 7.36. The number of aliphatic imine (C=N–C) groups is 1. The van der Waals surface area contributed by atoms with Gasteiger partial charge in [-0.25, -0.2) is 0 Å². The molecule has 0 radical (unpaired) electrons. The number of hydrogen-bond acceptors (Lipinski definition) is 6. The number of hydrogen-bond donors (Lipinski definition) is 1. The largest absolute Gasteiger partial charge is 0.465 e. The summed E-state index contributed by atoms with van der Waals surface area (Å²) in [6.45, 7) is 4.78. The summed E-state index contributed by atoms with van der Waals surface area (Å²) in [5, 5.41) is 3.70. The number of amides is 1. The van der Waals surface area contributed by atoms with Gasteiger partial charge in [-0.2, -0.15) is 5.10 Å². The van der Waals surface area contributed by atoms with E-state index in [1.807, 2.05) is 4.90 Å². The summed E-state index contributed by atoms with van der Waals surface area (Å²) in [6.07, 6.45) is 3.48. The number of benzene rings is 1. The Hall–Kier alpha value is -2.70. The molecule has 2 N–H and O–H groups in total. The predicted molar refractivity (Wildman–Crippen MR) is 96.9 cm³/mol. The van der Waals surface area contributed by atoms with Crippen LogP contribution < -0.4 is 5.84 Å². The van der Waals surface area contributed by atoms with Crippen LogP contribution in [0.1, 0.15) is 42.6 Å². The average Bonchev–Trinajstić information content (AvgIpc) is 3.04. The third-order valence-electron chi connectivity index (χ3n) is 4.10. The fraction of sp³-hybridized carbons (Fsp3) is 0.444. The van der Waals surface area contributed by atoms with Crippen LogP contribution in [-0.4, -0.2) is 54.4 Å². The van der Waals surface area contributed by atoms with Crippen molar-refractivity contribution in [1.82, 2.24) is 4.90 Å². The topological polar surface area (TPSA) is 97.3 Å². The van der Waals surface area contributed by atoms with Crippen molar-refractivity contribution in [3.8, 4) is 0 Å². The third-order valence-corrected chi connectivity index (χ3v) is 4.10. The van der Waals surface area contributed by atoms with E-state index in [-0.39, 0.29) is 18.5 Å². The van der Waals surface area contributed by atoms with Crippen molar-refractivity contribution in [3.63, 3.8) is 0 Å². The maximum Gasteiger partial charge on any atom is 0.327 e. The standard InChI is InChI=1S/C18H24N4O3/c1-3-25-17(23)12-20-11-16(21-19)14-7-4-8-15(10-14)18(24)22-9-5-6-13(22)2/h4,7-8,10-11,13H,3,5-6,9,12,19H2,1-2H3/b20-11?,21-16+. The van der Waals surface area contributed by atoms with Crippen LogP contribution in [0.15, 0.2) is 34.4 Å². The molecule has 25 heavy (non-hydrogen) atoms. The Morgan fingerprint density at radius 1 is 1.40 bits per heavy atom. The molecule has 1 heterocycles. The normalized spacial score (nSPS) is 17.9. The molecule has 134 valence electrons. The quantitative estimate of drug-likeness (QED) is 0.367. The maximum absolute atomic E-state index is 12.7. The molecule has 0 spiro atoms. The number of nitrogens with two attached hydrogens (primary N) is 1. The van der Waals surface area contributed by atoms with E-state index in [2.05, 4.69) is 17.0 Å². The van der Waals surface area contributed by atoms with Crippen LogP contribution in [0.3, 0.4) is 0 Å². The molecular formula is C18H24N4O3. The molecule has 2 rings (SSSR count). The molecule has 0 aromatic heterocycles. The first kappa shape index (κ1) is 18.6. The van der Waals surface area contributed by atoms with Gasteiger partial charge in [-0.05, 0) is 38.8 Å². The van der Waals surface area contributed by atoms with Crippen LogP contribution in [0.2, 0.25) is 0 Å². The second-order valence-electron chi connectivity index (χ2n) is 5.86. The van der Waals surface area contributed by atoms with Crippen LogP contribution in [-0.2, 0) is 9.53 Å². The zero-order chi connectivity index (χ0) is 18.2. The minimum absolute atomic E-state index is 0.00619. The predicted octanol–water partition coefficient (Wildman–Crippen LogP) is 1.61. The van der Waals surface area contributed by atoms with Crippen LogP contribution in [0.4, 0.5) is 0 Å². The van der Waals surface area contributed by atoms with Crippen molar-refractivity contribution in [2.45, 2.75) is 32.7 Å². The number of rotatable bonds is 6. The monoisotopic (exact) mass is 344 g/mol. The fourth-order valence-electron chi connectivity index (χ4n) is 2.81.